The molecule has 0 bridgehead atoms. The molecule has 1 aromatic rings. The number of phenols is 1. The average Bonchev–Trinajstić information content (AvgIpc) is 2.90. The Hall–Kier alpha value is -3.30. The summed E-state index contributed by atoms with van der Waals surface area (Å²) >= 11 is 0. The first-order chi connectivity index (χ1) is 19.4. The van der Waals surface area contributed by atoms with Gasteiger partial charge in [0, 0.05) is 24.6 Å². The lowest BCUT2D eigenvalue weighted by Crippen LogP contribution is -2.54. The minimum Gasteiger partial charge on any atom is -0.508 e. The molecule has 0 heterocycles. The molecule has 10 heteroatoms. The van der Waals surface area contributed by atoms with E-state index in [1.807, 2.05) is 0 Å². The van der Waals surface area contributed by atoms with Gasteiger partial charge in [-0.05, 0) is 52.5 Å². The molecule has 0 radical (unpaired) electrons. The number of carbonyl (C=O) groups excluding carboxylic acids is 4. The van der Waals surface area contributed by atoms with Crippen molar-refractivity contribution in [2.24, 2.45) is 5.73 Å². The maximum absolute atomic E-state index is 14.2. The number of primary amides is 1. The van der Waals surface area contributed by atoms with Crippen LogP contribution in [0.15, 0.2) is 24.3 Å². The summed E-state index contributed by atoms with van der Waals surface area (Å²) in [6.07, 6.45) is 8.41. The number of rotatable bonds is 15. The molecule has 1 aliphatic rings. The van der Waals surface area contributed by atoms with Gasteiger partial charge >= 0.3 is 6.09 Å². The monoisotopic (exact) mass is 574 g/mol. The molecule has 2 atom stereocenters. The van der Waals surface area contributed by atoms with Crippen LogP contribution >= 0.6 is 0 Å². The number of alkyl carbamates (subject to hydrolysis) is 1. The van der Waals surface area contributed by atoms with E-state index in [-0.39, 0.29) is 37.1 Å². The van der Waals surface area contributed by atoms with Crippen molar-refractivity contribution in [3.8, 4) is 5.75 Å². The summed E-state index contributed by atoms with van der Waals surface area (Å²) in [6, 6.07) is 4.18. The summed E-state index contributed by atoms with van der Waals surface area (Å²) < 4.78 is 5.39. The van der Waals surface area contributed by atoms with Crippen molar-refractivity contribution >= 4 is 23.8 Å². The van der Waals surface area contributed by atoms with Gasteiger partial charge in [-0.1, -0.05) is 70.1 Å². The number of nitrogens with two attached hydrogens (primary N) is 1. The number of phenolic OH excluding ortho intramolecular Hbond substituents is 1. The number of unbranched alkanes of at least 4 members (excludes halogenated alkanes) is 4. The number of hydrogen-bond acceptors (Lipinski definition) is 6. The SMILES string of the molecule is CCCCCCCN(C(=O)C(CCC(N)=O)NC(=O)OC(C)(C)C)C(C(=O)NC1CCCCC1)c1ccccc1O. The molecule has 10 nitrogen and oxygen atoms in total. The predicted octanol–water partition coefficient (Wildman–Crippen LogP) is 4.84. The van der Waals surface area contributed by atoms with Crippen molar-refractivity contribution in [2.75, 3.05) is 6.54 Å². The van der Waals surface area contributed by atoms with Crippen molar-refractivity contribution in [3.05, 3.63) is 29.8 Å². The van der Waals surface area contributed by atoms with E-state index in [1.165, 1.54) is 11.0 Å². The standard InChI is InChI=1S/C31H50N4O6/c1-5-6-7-8-14-21-35(29(39)24(19-20-26(32)37)34-30(40)41-31(2,3)4)27(23-17-12-13-18-25(23)36)28(38)33-22-15-10-9-11-16-22/h12-13,17-18,22,24,27,36H,5-11,14-16,19-21H2,1-4H3,(H2,32,37)(H,33,38)(H,34,40). The number of para-hydroxylation sites is 1. The molecule has 5 N–H and O–H groups in total. The van der Waals surface area contributed by atoms with E-state index in [2.05, 4.69) is 17.6 Å². The first kappa shape index (κ1) is 33.9. The van der Waals surface area contributed by atoms with Gasteiger partial charge in [0.1, 0.15) is 23.4 Å². The normalized spacial score (nSPS) is 15.4. The van der Waals surface area contributed by atoms with E-state index in [0.29, 0.717) is 12.0 Å². The van der Waals surface area contributed by atoms with Crippen LogP contribution in [-0.4, -0.2) is 58.1 Å². The molecule has 2 rings (SSSR count). The second-order valence-electron chi connectivity index (χ2n) is 12.0. The van der Waals surface area contributed by atoms with E-state index in [9.17, 15) is 24.3 Å². The fraction of sp³-hybridized carbons (Fsp3) is 0.677. The lowest BCUT2D eigenvalue weighted by molar-refractivity contribution is -0.143. The molecule has 4 amide bonds. The van der Waals surface area contributed by atoms with Crippen LogP contribution in [0.5, 0.6) is 5.75 Å². The van der Waals surface area contributed by atoms with Gasteiger partial charge in [0.15, 0.2) is 0 Å². The minimum atomic E-state index is -1.16. The van der Waals surface area contributed by atoms with Crippen LogP contribution in [-0.2, 0) is 19.1 Å². The Morgan fingerprint density at radius 2 is 1.71 bits per heavy atom. The van der Waals surface area contributed by atoms with Gasteiger partial charge in [-0.15, -0.1) is 0 Å². The molecule has 0 aromatic heterocycles. The minimum absolute atomic E-state index is 0.0170. The van der Waals surface area contributed by atoms with Crippen LogP contribution in [0.2, 0.25) is 0 Å². The van der Waals surface area contributed by atoms with E-state index >= 15 is 0 Å². The largest absolute Gasteiger partial charge is 0.508 e. The van der Waals surface area contributed by atoms with Gasteiger partial charge in [-0.2, -0.15) is 0 Å². The molecule has 1 saturated carbocycles. The highest BCUT2D eigenvalue weighted by molar-refractivity contribution is 5.93. The molecule has 0 aliphatic heterocycles. The Labute approximate surface area is 244 Å². The Balaban J connectivity index is 2.47. The Kier molecular flexibility index (Phi) is 13.9. The van der Waals surface area contributed by atoms with E-state index in [1.54, 1.807) is 39.0 Å². The third-order valence-electron chi connectivity index (χ3n) is 7.20. The second-order valence-corrected chi connectivity index (χ2v) is 12.0. The van der Waals surface area contributed by atoms with Crippen molar-refractivity contribution in [3.63, 3.8) is 0 Å². The van der Waals surface area contributed by atoms with Crippen LogP contribution in [0.4, 0.5) is 4.79 Å². The number of carbonyl (C=O) groups is 4. The number of hydrogen-bond donors (Lipinski definition) is 4. The third kappa shape index (κ3) is 12.0. The first-order valence-corrected chi connectivity index (χ1v) is 15.1. The van der Waals surface area contributed by atoms with Crippen molar-refractivity contribution in [1.29, 1.82) is 0 Å². The second kappa shape index (κ2) is 16.8. The Bertz CT molecular complexity index is 1000. The summed E-state index contributed by atoms with van der Waals surface area (Å²) in [7, 11) is 0. The van der Waals surface area contributed by atoms with E-state index < -0.39 is 35.6 Å². The number of benzene rings is 1. The maximum atomic E-state index is 14.2. The Morgan fingerprint density at radius 1 is 1.05 bits per heavy atom. The average molecular weight is 575 g/mol. The lowest BCUT2D eigenvalue weighted by Gasteiger charge is -2.36. The fourth-order valence-electron chi connectivity index (χ4n) is 5.14. The summed E-state index contributed by atoms with van der Waals surface area (Å²) in [6.45, 7) is 7.46. The smallest absolute Gasteiger partial charge is 0.408 e. The first-order valence-electron chi connectivity index (χ1n) is 15.1. The highest BCUT2D eigenvalue weighted by Gasteiger charge is 2.38. The highest BCUT2D eigenvalue weighted by Crippen LogP contribution is 2.31. The molecule has 2 unspecified atom stereocenters. The van der Waals surface area contributed by atoms with Crippen molar-refractivity contribution in [2.45, 2.75) is 128 Å². The molecular weight excluding hydrogens is 524 g/mol. The fourth-order valence-corrected chi connectivity index (χ4v) is 5.14. The summed E-state index contributed by atoms with van der Waals surface area (Å²) in [5, 5.41) is 16.6. The lowest BCUT2D eigenvalue weighted by atomic mass is 9.94. The molecule has 0 saturated heterocycles. The molecular formula is C31H50N4O6. The van der Waals surface area contributed by atoms with Gasteiger partial charge < -0.3 is 31.1 Å². The van der Waals surface area contributed by atoms with Crippen LogP contribution in [0, 0.1) is 0 Å². The van der Waals surface area contributed by atoms with Gasteiger partial charge in [0.05, 0.1) is 0 Å². The van der Waals surface area contributed by atoms with Crippen LogP contribution < -0.4 is 16.4 Å². The highest BCUT2D eigenvalue weighted by atomic mass is 16.6. The number of aromatic hydroxyl groups is 1. The number of nitrogens with one attached hydrogen (secondary N) is 2. The number of ether oxygens (including phenoxy) is 1. The van der Waals surface area contributed by atoms with E-state index in [4.69, 9.17) is 10.5 Å². The van der Waals surface area contributed by atoms with Crippen molar-refractivity contribution in [1.82, 2.24) is 15.5 Å². The number of nitrogens with zero attached hydrogens (tertiary/aromatic N) is 1. The van der Waals surface area contributed by atoms with Gasteiger partial charge in [0.25, 0.3) is 0 Å². The molecule has 230 valence electrons. The summed E-state index contributed by atoms with van der Waals surface area (Å²) in [5.41, 5.74) is 4.89. The van der Waals surface area contributed by atoms with Crippen molar-refractivity contribution < 1.29 is 29.0 Å². The third-order valence-corrected chi connectivity index (χ3v) is 7.20. The Morgan fingerprint density at radius 3 is 2.32 bits per heavy atom. The quantitative estimate of drug-likeness (QED) is 0.220. The maximum Gasteiger partial charge on any atom is 0.408 e. The summed E-state index contributed by atoms with van der Waals surface area (Å²) in [4.78, 5) is 54.0. The molecule has 0 spiro atoms. The van der Waals surface area contributed by atoms with Crippen LogP contribution in [0.3, 0.4) is 0 Å². The topological polar surface area (TPSA) is 151 Å². The molecule has 1 fully saturated rings. The number of amides is 4. The zero-order valence-electron chi connectivity index (χ0n) is 25.2. The van der Waals surface area contributed by atoms with Gasteiger partial charge in [-0.3, -0.25) is 14.4 Å². The van der Waals surface area contributed by atoms with E-state index in [0.717, 1.165) is 57.8 Å². The molecule has 41 heavy (non-hydrogen) atoms. The molecule has 1 aliphatic carbocycles. The summed E-state index contributed by atoms with van der Waals surface area (Å²) in [5.74, 6) is -1.65. The zero-order chi connectivity index (χ0) is 30.4. The molecule has 1 aromatic carbocycles. The van der Waals surface area contributed by atoms with Gasteiger partial charge in [-0.25, -0.2) is 4.79 Å². The zero-order valence-corrected chi connectivity index (χ0v) is 25.2. The predicted molar refractivity (Wildman–Crippen MR) is 158 cm³/mol. The van der Waals surface area contributed by atoms with Gasteiger partial charge in [0.2, 0.25) is 17.7 Å². The van der Waals surface area contributed by atoms with Crippen LogP contribution in [0.1, 0.15) is 116 Å². The van der Waals surface area contributed by atoms with Crippen LogP contribution in [0.25, 0.3) is 0 Å².